The summed E-state index contributed by atoms with van der Waals surface area (Å²) < 4.78 is 5.33. The van der Waals surface area contributed by atoms with Gasteiger partial charge in [0.25, 0.3) is 5.91 Å². The number of nitrogens with one attached hydrogen (secondary N) is 2. The molecule has 1 aromatic rings. The molecule has 0 radical (unpaired) electrons. The quantitative estimate of drug-likeness (QED) is 0.621. The minimum atomic E-state index is -0.732. The van der Waals surface area contributed by atoms with Crippen molar-refractivity contribution in [2.24, 2.45) is 0 Å². The number of hydrogen-bond donors (Lipinski definition) is 4. The second kappa shape index (κ2) is 5.87. The minimum Gasteiger partial charge on any atom is -0.506 e. The topological polar surface area (TPSA) is 90.8 Å². The first-order chi connectivity index (χ1) is 9.15. The van der Waals surface area contributed by atoms with E-state index in [1.54, 1.807) is 6.07 Å². The van der Waals surface area contributed by atoms with Crippen LogP contribution in [0.4, 0.5) is 5.69 Å². The zero-order valence-electron chi connectivity index (χ0n) is 10.8. The largest absolute Gasteiger partial charge is 0.506 e. The number of anilines is 1. The molecule has 1 unspecified atom stereocenters. The van der Waals surface area contributed by atoms with Crippen molar-refractivity contribution < 1.29 is 19.7 Å². The number of fused-ring (bicyclic) bond motifs is 1. The lowest BCUT2D eigenvalue weighted by molar-refractivity contribution is -0.118. The number of benzene rings is 1. The van der Waals surface area contributed by atoms with Crippen molar-refractivity contribution in [2.45, 2.75) is 25.0 Å². The normalized spacial score (nSPS) is 18.4. The molecule has 0 aromatic heterocycles. The highest BCUT2D eigenvalue weighted by atomic mass is 35.5. The fourth-order valence-electron chi connectivity index (χ4n) is 2.12. The number of ether oxygens (including phenoxy) is 1. The van der Waals surface area contributed by atoms with E-state index in [4.69, 9.17) is 4.74 Å². The van der Waals surface area contributed by atoms with Gasteiger partial charge in [0.15, 0.2) is 12.4 Å². The molecular formula is C13H17ClN2O4. The number of phenols is 1. The molecule has 0 bridgehead atoms. The third kappa shape index (κ3) is 2.98. The van der Waals surface area contributed by atoms with Crippen molar-refractivity contribution in [2.75, 3.05) is 18.5 Å². The van der Waals surface area contributed by atoms with Crippen molar-refractivity contribution in [3.05, 3.63) is 17.7 Å². The maximum absolute atomic E-state index is 11.3. The van der Waals surface area contributed by atoms with Gasteiger partial charge in [-0.2, -0.15) is 0 Å². The number of aromatic hydroxyl groups is 1. The number of halogens is 1. The molecule has 20 heavy (non-hydrogen) atoms. The Hall–Kier alpha value is -1.50. The van der Waals surface area contributed by atoms with Gasteiger partial charge in [0.1, 0.15) is 11.4 Å². The molecule has 2 aliphatic rings. The first-order valence-corrected chi connectivity index (χ1v) is 6.35. The average Bonchev–Trinajstić information content (AvgIpc) is 3.21. The van der Waals surface area contributed by atoms with Gasteiger partial charge < -0.3 is 25.6 Å². The van der Waals surface area contributed by atoms with Gasteiger partial charge >= 0.3 is 0 Å². The molecule has 7 heteroatoms. The first kappa shape index (κ1) is 14.9. The Morgan fingerprint density at radius 1 is 1.45 bits per heavy atom. The van der Waals surface area contributed by atoms with Gasteiger partial charge in [-0.15, -0.1) is 12.4 Å². The van der Waals surface area contributed by atoms with Gasteiger partial charge in [0.2, 0.25) is 0 Å². The van der Waals surface area contributed by atoms with Crippen molar-refractivity contribution >= 4 is 24.0 Å². The van der Waals surface area contributed by atoms with E-state index in [2.05, 4.69) is 10.6 Å². The molecule has 6 nitrogen and oxygen atoms in total. The molecule has 1 heterocycles. The molecule has 1 saturated carbocycles. The molecule has 1 aliphatic carbocycles. The van der Waals surface area contributed by atoms with Crippen molar-refractivity contribution in [3.63, 3.8) is 0 Å². The highest BCUT2D eigenvalue weighted by Gasteiger charge is 2.27. The third-order valence-electron chi connectivity index (χ3n) is 3.31. The minimum absolute atomic E-state index is 0. The van der Waals surface area contributed by atoms with Crippen LogP contribution in [0.2, 0.25) is 0 Å². The molecular weight excluding hydrogens is 284 g/mol. The maximum Gasteiger partial charge on any atom is 0.262 e. The van der Waals surface area contributed by atoms with Crippen LogP contribution in [-0.4, -0.2) is 35.3 Å². The molecule has 110 valence electrons. The second-order valence-corrected chi connectivity index (χ2v) is 4.91. The van der Waals surface area contributed by atoms with Crippen LogP contribution in [0.15, 0.2) is 12.1 Å². The third-order valence-corrected chi connectivity index (χ3v) is 3.31. The summed E-state index contributed by atoms with van der Waals surface area (Å²) in [5.74, 6) is -0.0237. The Morgan fingerprint density at radius 3 is 2.90 bits per heavy atom. The molecule has 0 saturated heterocycles. The predicted octanol–water partition coefficient (Wildman–Crippen LogP) is 0.930. The fraction of sp³-hybridized carbons (Fsp3) is 0.462. The van der Waals surface area contributed by atoms with Crippen LogP contribution in [0.25, 0.3) is 0 Å². The van der Waals surface area contributed by atoms with E-state index in [0.717, 1.165) is 12.8 Å². The predicted molar refractivity (Wildman–Crippen MR) is 75.5 cm³/mol. The van der Waals surface area contributed by atoms with Crippen LogP contribution in [0.3, 0.4) is 0 Å². The van der Waals surface area contributed by atoms with E-state index < -0.39 is 6.10 Å². The van der Waals surface area contributed by atoms with Crippen LogP contribution in [-0.2, 0) is 4.79 Å². The number of hydrogen-bond acceptors (Lipinski definition) is 5. The summed E-state index contributed by atoms with van der Waals surface area (Å²) in [7, 11) is 0. The molecule has 1 amide bonds. The van der Waals surface area contributed by atoms with Crippen LogP contribution in [0, 0.1) is 0 Å². The summed E-state index contributed by atoms with van der Waals surface area (Å²) in [4.78, 5) is 11.3. The highest BCUT2D eigenvalue weighted by molar-refractivity contribution is 5.97. The lowest BCUT2D eigenvalue weighted by atomic mass is 10.1. The molecule has 1 fully saturated rings. The number of carbonyl (C=O) groups excluding carboxylic acids is 1. The van der Waals surface area contributed by atoms with E-state index in [1.807, 2.05) is 0 Å². The number of rotatable bonds is 4. The van der Waals surface area contributed by atoms with Gasteiger partial charge in [-0.3, -0.25) is 4.79 Å². The van der Waals surface area contributed by atoms with Gasteiger partial charge in [-0.25, -0.2) is 0 Å². The van der Waals surface area contributed by atoms with E-state index >= 15 is 0 Å². The van der Waals surface area contributed by atoms with Crippen LogP contribution in [0.1, 0.15) is 24.5 Å². The number of carbonyl (C=O) groups is 1. The Labute approximate surface area is 122 Å². The van der Waals surface area contributed by atoms with Crippen LogP contribution < -0.4 is 15.4 Å². The van der Waals surface area contributed by atoms with Gasteiger partial charge in [-0.1, -0.05) is 0 Å². The zero-order chi connectivity index (χ0) is 13.4. The number of amides is 1. The van der Waals surface area contributed by atoms with E-state index in [9.17, 15) is 15.0 Å². The monoisotopic (exact) mass is 300 g/mol. The standard InChI is InChI=1S/C13H16N2O4.ClH/c16-9-4-3-8(10(17)5-14-7-1-2-7)13-12(9)15-11(18)6-19-13;/h3-4,7,10,14,16-17H,1-2,5-6H2,(H,15,18);1H. The first-order valence-electron chi connectivity index (χ1n) is 6.35. The Kier molecular flexibility index (Phi) is 4.37. The number of phenolic OH excluding ortho intramolecular Hbond substituents is 1. The maximum atomic E-state index is 11.3. The summed E-state index contributed by atoms with van der Waals surface area (Å²) in [6.45, 7) is 0.325. The summed E-state index contributed by atoms with van der Waals surface area (Å²) in [6, 6.07) is 3.57. The van der Waals surface area contributed by atoms with Crippen molar-refractivity contribution in [1.82, 2.24) is 5.32 Å². The summed E-state index contributed by atoms with van der Waals surface area (Å²) in [6.07, 6.45) is 1.56. The van der Waals surface area contributed by atoms with Gasteiger partial charge in [-0.05, 0) is 25.0 Å². The second-order valence-electron chi connectivity index (χ2n) is 4.91. The molecule has 1 aromatic carbocycles. The van der Waals surface area contributed by atoms with E-state index in [0.29, 0.717) is 23.9 Å². The molecule has 3 rings (SSSR count). The van der Waals surface area contributed by atoms with Gasteiger partial charge in [0, 0.05) is 18.2 Å². The zero-order valence-corrected chi connectivity index (χ0v) is 11.6. The molecule has 4 N–H and O–H groups in total. The Balaban J connectivity index is 0.00000147. The number of aliphatic hydroxyl groups is 1. The van der Waals surface area contributed by atoms with Crippen molar-refractivity contribution in [3.8, 4) is 11.5 Å². The lowest BCUT2D eigenvalue weighted by Gasteiger charge is -2.23. The Morgan fingerprint density at radius 2 is 2.20 bits per heavy atom. The van der Waals surface area contributed by atoms with Gasteiger partial charge in [0.05, 0.1) is 6.10 Å². The highest BCUT2D eigenvalue weighted by Crippen LogP contribution is 2.41. The smallest absolute Gasteiger partial charge is 0.262 e. The van der Waals surface area contributed by atoms with Crippen LogP contribution in [0.5, 0.6) is 11.5 Å². The summed E-state index contributed by atoms with van der Waals surface area (Å²) in [5, 5.41) is 25.7. The SMILES string of the molecule is Cl.O=C1COc2c(C(O)CNC3CC3)ccc(O)c2N1. The lowest BCUT2D eigenvalue weighted by Crippen LogP contribution is -2.28. The average molecular weight is 301 g/mol. The number of aliphatic hydroxyl groups excluding tert-OH is 1. The van der Waals surface area contributed by atoms with Crippen molar-refractivity contribution in [1.29, 1.82) is 0 Å². The van der Waals surface area contributed by atoms with E-state index in [1.165, 1.54) is 6.07 Å². The molecule has 1 aliphatic heterocycles. The molecule has 0 spiro atoms. The summed E-state index contributed by atoms with van der Waals surface area (Å²) >= 11 is 0. The van der Waals surface area contributed by atoms with E-state index in [-0.39, 0.29) is 36.4 Å². The fourth-order valence-corrected chi connectivity index (χ4v) is 2.12. The Bertz CT molecular complexity index is 519. The molecule has 1 atom stereocenters. The summed E-state index contributed by atoms with van der Waals surface area (Å²) in [5.41, 5.74) is 0.806. The van der Waals surface area contributed by atoms with Crippen LogP contribution >= 0.6 is 12.4 Å².